The number of hydrogen-bond donors (Lipinski definition) is 2. The Hall–Kier alpha value is -2.44. The predicted molar refractivity (Wildman–Crippen MR) is 70.4 cm³/mol. The fourth-order valence-electron chi connectivity index (χ4n) is 2.04. The molecule has 0 aliphatic carbocycles. The minimum absolute atomic E-state index is 0.0203. The maximum absolute atomic E-state index is 8.98. The third-order valence-corrected chi connectivity index (χ3v) is 2.91. The summed E-state index contributed by atoms with van der Waals surface area (Å²) in [6.45, 7) is 3.99. The lowest BCUT2D eigenvalue weighted by Crippen LogP contribution is -2.22. The number of aromatic nitrogens is 4. The first kappa shape index (κ1) is 13.0. The zero-order valence-corrected chi connectivity index (χ0v) is 10.9. The van der Waals surface area contributed by atoms with E-state index in [9.17, 15) is 0 Å². The summed E-state index contributed by atoms with van der Waals surface area (Å²) in [7, 11) is 0. The number of oxime groups is 1. The normalized spacial score (nSPS) is 11.8. The first-order valence-electron chi connectivity index (χ1n) is 6.09. The predicted octanol–water partition coefficient (Wildman–Crippen LogP) is 0.882. The second kappa shape index (κ2) is 5.47. The summed E-state index contributed by atoms with van der Waals surface area (Å²) in [5, 5.41) is 24.5. The van der Waals surface area contributed by atoms with E-state index < -0.39 is 0 Å². The molecule has 0 spiro atoms. The van der Waals surface area contributed by atoms with Crippen LogP contribution in [0.1, 0.15) is 30.7 Å². The SMILES string of the molecule is CCc1nnc(-n2cccn2)c(/C(N)=N/O)c1CC. The number of amidine groups is 1. The van der Waals surface area contributed by atoms with E-state index >= 15 is 0 Å². The van der Waals surface area contributed by atoms with Crippen LogP contribution in [-0.4, -0.2) is 31.0 Å². The van der Waals surface area contributed by atoms with Crippen molar-refractivity contribution < 1.29 is 5.21 Å². The Balaban J connectivity index is 2.74. The number of hydrogen-bond acceptors (Lipinski definition) is 5. The Morgan fingerprint density at radius 2 is 2.16 bits per heavy atom. The standard InChI is InChI=1S/C12H16N6O/c1-3-8-9(4-2)15-16-12(10(8)11(13)17-19)18-7-5-6-14-18/h5-7,19H,3-4H2,1-2H3,(H2,13,17). The molecule has 0 atom stereocenters. The van der Waals surface area contributed by atoms with Gasteiger partial charge < -0.3 is 10.9 Å². The maximum Gasteiger partial charge on any atom is 0.187 e. The zero-order chi connectivity index (χ0) is 13.8. The van der Waals surface area contributed by atoms with E-state index in [1.807, 2.05) is 13.8 Å². The molecule has 0 aliphatic heterocycles. The molecule has 0 aliphatic rings. The van der Waals surface area contributed by atoms with Crippen molar-refractivity contribution in [2.75, 3.05) is 0 Å². The highest BCUT2D eigenvalue weighted by molar-refractivity contribution is 6.01. The molecule has 0 bridgehead atoms. The fourth-order valence-corrected chi connectivity index (χ4v) is 2.04. The molecule has 0 fully saturated rings. The third-order valence-electron chi connectivity index (χ3n) is 2.91. The second-order valence-corrected chi connectivity index (χ2v) is 3.97. The molecular formula is C12H16N6O. The van der Waals surface area contributed by atoms with Crippen molar-refractivity contribution in [3.63, 3.8) is 0 Å². The van der Waals surface area contributed by atoms with E-state index in [2.05, 4.69) is 20.5 Å². The highest BCUT2D eigenvalue weighted by Gasteiger charge is 2.19. The van der Waals surface area contributed by atoms with Crippen LogP contribution in [0.15, 0.2) is 23.6 Å². The third kappa shape index (κ3) is 2.26. The van der Waals surface area contributed by atoms with Crippen molar-refractivity contribution in [1.29, 1.82) is 0 Å². The Bertz CT molecular complexity index is 591. The van der Waals surface area contributed by atoms with Gasteiger partial charge in [0.2, 0.25) is 0 Å². The summed E-state index contributed by atoms with van der Waals surface area (Å²) >= 11 is 0. The van der Waals surface area contributed by atoms with E-state index in [-0.39, 0.29) is 5.84 Å². The molecule has 7 heteroatoms. The van der Waals surface area contributed by atoms with Crippen LogP contribution in [0.4, 0.5) is 0 Å². The molecule has 7 nitrogen and oxygen atoms in total. The lowest BCUT2D eigenvalue weighted by Gasteiger charge is -2.14. The molecule has 2 aromatic heterocycles. The van der Waals surface area contributed by atoms with Gasteiger partial charge in [0.15, 0.2) is 11.7 Å². The minimum Gasteiger partial charge on any atom is -0.409 e. The van der Waals surface area contributed by atoms with Crippen molar-refractivity contribution in [3.05, 3.63) is 35.3 Å². The van der Waals surface area contributed by atoms with E-state index in [0.29, 0.717) is 11.4 Å². The van der Waals surface area contributed by atoms with Gasteiger partial charge in [-0.3, -0.25) is 0 Å². The number of nitrogens with two attached hydrogens (primary N) is 1. The van der Waals surface area contributed by atoms with E-state index in [0.717, 1.165) is 24.1 Å². The van der Waals surface area contributed by atoms with Crippen LogP contribution in [0.25, 0.3) is 5.82 Å². The van der Waals surface area contributed by atoms with Gasteiger partial charge in [-0.05, 0) is 24.5 Å². The molecule has 2 rings (SSSR count). The molecule has 19 heavy (non-hydrogen) atoms. The van der Waals surface area contributed by atoms with Crippen molar-refractivity contribution in [2.24, 2.45) is 10.9 Å². The molecule has 0 saturated carbocycles. The Morgan fingerprint density at radius 3 is 2.68 bits per heavy atom. The van der Waals surface area contributed by atoms with Gasteiger partial charge in [-0.15, -0.1) is 5.10 Å². The summed E-state index contributed by atoms with van der Waals surface area (Å²) in [6, 6.07) is 1.77. The smallest absolute Gasteiger partial charge is 0.187 e. The van der Waals surface area contributed by atoms with Crippen LogP contribution in [0.3, 0.4) is 0 Å². The Morgan fingerprint density at radius 1 is 1.37 bits per heavy atom. The highest BCUT2D eigenvalue weighted by atomic mass is 16.4. The summed E-state index contributed by atoms with van der Waals surface area (Å²) in [5.74, 6) is 0.487. The van der Waals surface area contributed by atoms with Gasteiger partial charge in [-0.25, -0.2) is 4.68 Å². The van der Waals surface area contributed by atoms with Crippen molar-refractivity contribution in [3.8, 4) is 5.82 Å². The summed E-state index contributed by atoms with van der Waals surface area (Å²) in [4.78, 5) is 0. The molecule has 0 radical (unpaired) electrons. The summed E-state index contributed by atoms with van der Waals surface area (Å²) < 4.78 is 1.55. The molecule has 0 aromatic carbocycles. The van der Waals surface area contributed by atoms with Gasteiger partial charge in [0, 0.05) is 12.4 Å². The van der Waals surface area contributed by atoms with Crippen molar-refractivity contribution in [1.82, 2.24) is 20.0 Å². The van der Waals surface area contributed by atoms with Gasteiger partial charge in [0.05, 0.1) is 11.3 Å². The molecular weight excluding hydrogens is 244 g/mol. The maximum atomic E-state index is 8.98. The van der Waals surface area contributed by atoms with Gasteiger partial charge in [0.25, 0.3) is 0 Å². The van der Waals surface area contributed by atoms with Crippen LogP contribution in [-0.2, 0) is 12.8 Å². The number of rotatable bonds is 4. The lowest BCUT2D eigenvalue weighted by molar-refractivity contribution is 0.318. The molecule has 2 heterocycles. The largest absolute Gasteiger partial charge is 0.409 e. The average Bonchev–Trinajstić information content (AvgIpc) is 2.98. The summed E-state index contributed by atoms with van der Waals surface area (Å²) in [6.07, 6.45) is 4.83. The minimum atomic E-state index is 0.0203. The van der Waals surface area contributed by atoms with Crippen LogP contribution in [0, 0.1) is 0 Å². The number of nitrogens with zero attached hydrogens (tertiary/aromatic N) is 5. The van der Waals surface area contributed by atoms with Crippen molar-refractivity contribution in [2.45, 2.75) is 26.7 Å². The van der Waals surface area contributed by atoms with Crippen LogP contribution in [0.5, 0.6) is 0 Å². The second-order valence-electron chi connectivity index (χ2n) is 3.97. The average molecular weight is 260 g/mol. The van der Waals surface area contributed by atoms with E-state index in [1.54, 1.807) is 23.1 Å². The lowest BCUT2D eigenvalue weighted by atomic mass is 10.0. The van der Waals surface area contributed by atoms with Gasteiger partial charge in [-0.2, -0.15) is 10.2 Å². The Kier molecular flexibility index (Phi) is 3.74. The Labute approximate surface area is 110 Å². The highest BCUT2D eigenvalue weighted by Crippen LogP contribution is 2.19. The number of aryl methyl sites for hydroxylation is 1. The molecule has 0 amide bonds. The summed E-state index contributed by atoms with van der Waals surface area (Å²) in [5.41, 5.74) is 8.15. The quantitative estimate of drug-likeness (QED) is 0.368. The topological polar surface area (TPSA) is 102 Å². The first-order valence-corrected chi connectivity index (χ1v) is 6.09. The molecule has 0 unspecified atom stereocenters. The van der Waals surface area contributed by atoms with Gasteiger partial charge in [-0.1, -0.05) is 19.0 Å². The molecule has 0 saturated heterocycles. The zero-order valence-electron chi connectivity index (χ0n) is 10.9. The monoisotopic (exact) mass is 260 g/mol. The molecule has 2 aromatic rings. The van der Waals surface area contributed by atoms with Gasteiger partial charge in [0.1, 0.15) is 0 Å². The molecule has 100 valence electrons. The van der Waals surface area contributed by atoms with Crippen LogP contribution in [0.2, 0.25) is 0 Å². The van der Waals surface area contributed by atoms with E-state index in [1.165, 1.54) is 0 Å². The first-order chi connectivity index (χ1) is 9.22. The van der Waals surface area contributed by atoms with Gasteiger partial charge >= 0.3 is 0 Å². The fraction of sp³-hybridized carbons (Fsp3) is 0.333. The molecule has 3 N–H and O–H groups in total. The van der Waals surface area contributed by atoms with Crippen LogP contribution >= 0.6 is 0 Å². The van der Waals surface area contributed by atoms with Crippen molar-refractivity contribution >= 4 is 5.84 Å². The van der Waals surface area contributed by atoms with E-state index in [4.69, 9.17) is 10.9 Å². The van der Waals surface area contributed by atoms with Crippen LogP contribution < -0.4 is 5.73 Å².